The zero-order valence-electron chi connectivity index (χ0n) is 13.3. The zero-order chi connectivity index (χ0) is 18.4. The van der Waals surface area contributed by atoms with Gasteiger partial charge in [-0.25, -0.2) is 0 Å². The van der Waals surface area contributed by atoms with E-state index in [9.17, 15) is 23.1 Å². The Balaban J connectivity index is 2.07. The predicted octanol–water partition coefficient (Wildman–Crippen LogP) is 3.82. The first-order chi connectivity index (χ1) is 11.7. The summed E-state index contributed by atoms with van der Waals surface area (Å²) in [6, 6.07) is 9.43. The van der Waals surface area contributed by atoms with Gasteiger partial charge in [0, 0.05) is 23.1 Å². The van der Waals surface area contributed by atoms with E-state index in [-0.39, 0.29) is 17.9 Å². The summed E-state index contributed by atoms with van der Waals surface area (Å²) in [7, 11) is 0. The first-order valence-electron chi connectivity index (χ1n) is 7.46. The lowest BCUT2D eigenvalue weighted by molar-refractivity contribution is -0.137. The fourth-order valence-electron chi connectivity index (χ4n) is 2.97. The number of hydrogen-bond donors (Lipinski definition) is 2. The Hall–Kier alpha value is -2.96. The molecule has 0 aliphatic rings. The van der Waals surface area contributed by atoms with Crippen LogP contribution in [0.5, 0.6) is 5.75 Å². The molecular weight excluding hydrogens is 333 g/mol. The van der Waals surface area contributed by atoms with Gasteiger partial charge in [-0.15, -0.1) is 0 Å². The molecule has 0 saturated heterocycles. The van der Waals surface area contributed by atoms with Crippen LogP contribution in [-0.2, 0) is 12.7 Å². The third kappa shape index (κ3) is 3.05. The molecule has 0 aliphatic carbocycles. The minimum Gasteiger partial charge on any atom is -0.508 e. The molecule has 4 nitrogen and oxygen atoms in total. The maximum Gasteiger partial charge on any atom is 0.416 e. The number of primary amides is 1. The van der Waals surface area contributed by atoms with Crippen molar-refractivity contribution in [3.63, 3.8) is 0 Å². The van der Waals surface area contributed by atoms with Gasteiger partial charge in [-0.1, -0.05) is 12.1 Å². The van der Waals surface area contributed by atoms with Gasteiger partial charge >= 0.3 is 6.18 Å². The molecule has 0 unspecified atom stereocenters. The topological polar surface area (TPSA) is 68.2 Å². The van der Waals surface area contributed by atoms with Crippen molar-refractivity contribution in [3.8, 4) is 5.75 Å². The summed E-state index contributed by atoms with van der Waals surface area (Å²) in [5, 5.41) is 10.2. The Morgan fingerprint density at radius 2 is 1.80 bits per heavy atom. The van der Waals surface area contributed by atoms with Crippen LogP contribution in [0, 0.1) is 6.92 Å². The lowest BCUT2D eigenvalue weighted by Gasteiger charge is -2.11. The zero-order valence-corrected chi connectivity index (χ0v) is 13.3. The molecule has 0 atom stereocenters. The average molecular weight is 348 g/mol. The van der Waals surface area contributed by atoms with E-state index >= 15 is 0 Å². The molecule has 0 fully saturated rings. The van der Waals surface area contributed by atoms with Gasteiger partial charge < -0.3 is 15.4 Å². The van der Waals surface area contributed by atoms with Crippen LogP contribution in [0.2, 0.25) is 0 Å². The highest BCUT2D eigenvalue weighted by Gasteiger charge is 2.30. The maximum absolute atomic E-state index is 12.7. The van der Waals surface area contributed by atoms with Gasteiger partial charge in [0.05, 0.1) is 11.1 Å². The second-order valence-corrected chi connectivity index (χ2v) is 5.81. The van der Waals surface area contributed by atoms with Crippen molar-refractivity contribution >= 4 is 16.8 Å². The Kier molecular flexibility index (Phi) is 3.94. The van der Waals surface area contributed by atoms with Gasteiger partial charge in [-0.05, 0) is 42.8 Å². The monoisotopic (exact) mass is 348 g/mol. The SMILES string of the molecule is Cc1c(C(N)=O)c2cc(O)ccc2n1Cc1ccc(C(F)(F)F)cc1. The summed E-state index contributed by atoms with van der Waals surface area (Å²) in [6.07, 6.45) is -4.38. The number of nitrogens with zero attached hydrogens (tertiary/aromatic N) is 1. The quantitative estimate of drug-likeness (QED) is 0.755. The fraction of sp³-hybridized carbons (Fsp3) is 0.167. The molecule has 1 amide bonds. The van der Waals surface area contributed by atoms with Crippen LogP contribution in [0.25, 0.3) is 10.9 Å². The van der Waals surface area contributed by atoms with Crippen molar-refractivity contribution in [2.45, 2.75) is 19.6 Å². The average Bonchev–Trinajstić information content (AvgIpc) is 2.78. The Morgan fingerprint density at radius 1 is 1.16 bits per heavy atom. The highest BCUT2D eigenvalue weighted by molar-refractivity contribution is 6.08. The normalized spacial score (nSPS) is 11.8. The number of halogens is 3. The van der Waals surface area contributed by atoms with Crippen LogP contribution in [0.4, 0.5) is 13.2 Å². The molecule has 1 aromatic heterocycles. The smallest absolute Gasteiger partial charge is 0.416 e. The minimum atomic E-state index is -4.38. The number of carbonyl (C=O) groups excluding carboxylic acids is 1. The number of aromatic hydroxyl groups is 1. The molecule has 130 valence electrons. The summed E-state index contributed by atoms with van der Waals surface area (Å²) in [6.45, 7) is 1.99. The van der Waals surface area contributed by atoms with Gasteiger partial charge in [-0.3, -0.25) is 4.79 Å². The van der Waals surface area contributed by atoms with Crippen molar-refractivity contribution in [2.24, 2.45) is 5.73 Å². The van der Waals surface area contributed by atoms with E-state index in [1.165, 1.54) is 24.3 Å². The van der Waals surface area contributed by atoms with Crippen LogP contribution >= 0.6 is 0 Å². The Bertz CT molecular complexity index is 957. The minimum absolute atomic E-state index is 0.00156. The molecule has 0 bridgehead atoms. The number of amides is 1. The van der Waals surface area contributed by atoms with Crippen LogP contribution in [0.3, 0.4) is 0 Å². The first kappa shape index (κ1) is 16.9. The molecular formula is C18H15F3N2O2. The van der Waals surface area contributed by atoms with Crippen molar-refractivity contribution in [1.29, 1.82) is 0 Å². The van der Waals surface area contributed by atoms with E-state index in [4.69, 9.17) is 5.73 Å². The number of nitrogens with two attached hydrogens (primary N) is 1. The molecule has 3 rings (SSSR count). The largest absolute Gasteiger partial charge is 0.508 e. The lowest BCUT2D eigenvalue weighted by Crippen LogP contribution is -2.13. The number of aromatic nitrogens is 1. The van der Waals surface area contributed by atoms with E-state index in [1.54, 1.807) is 17.6 Å². The third-order valence-electron chi connectivity index (χ3n) is 4.18. The number of carbonyl (C=O) groups is 1. The van der Waals surface area contributed by atoms with Crippen molar-refractivity contribution in [2.75, 3.05) is 0 Å². The lowest BCUT2D eigenvalue weighted by atomic mass is 10.1. The number of alkyl halides is 3. The maximum atomic E-state index is 12.7. The van der Waals surface area contributed by atoms with E-state index in [0.717, 1.165) is 12.1 Å². The number of rotatable bonds is 3. The van der Waals surface area contributed by atoms with Crippen LogP contribution in [0.15, 0.2) is 42.5 Å². The third-order valence-corrected chi connectivity index (χ3v) is 4.18. The van der Waals surface area contributed by atoms with Crippen molar-refractivity contribution in [3.05, 3.63) is 64.8 Å². The summed E-state index contributed by atoms with van der Waals surface area (Å²) >= 11 is 0. The van der Waals surface area contributed by atoms with E-state index in [0.29, 0.717) is 22.2 Å². The van der Waals surface area contributed by atoms with Gasteiger partial charge in [0.15, 0.2) is 0 Å². The van der Waals surface area contributed by atoms with Crippen LogP contribution < -0.4 is 5.73 Å². The second kappa shape index (κ2) is 5.84. The predicted molar refractivity (Wildman–Crippen MR) is 87.4 cm³/mol. The molecule has 7 heteroatoms. The molecule has 0 radical (unpaired) electrons. The Morgan fingerprint density at radius 3 is 2.36 bits per heavy atom. The van der Waals surface area contributed by atoms with Gasteiger partial charge in [0.2, 0.25) is 0 Å². The fourth-order valence-corrected chi connectivity index (χ4v) is 2.97. The number of hydrogen-bond acceptors (Lipinski definition) is 2. The molecule has 2 aromatic carbocycles. The number of benzene rings is 2. The molecule has 0 spiro atoms. The van der Waals surface area contributed by atoms with Crippen molar-refractivity contribution in [1.82, 2.24) is 4.57 Å². The summed E-state index contributed by atoms with van der Waals surface area (Å²) in [4.78, 5) is 11.8. The second-order valence-electron chi connectivity index (χ2n) is 5.81. The van der Waals surface area contributed by atoms with E-state index < -0.39 is 17.6 Å². The summed E-state index contributed by atoms with van der Waals surface area (Å²) in [5.41, 5.74) is 6.93. The van der Waals surface area contributed by atoms with Gasteiger partial charge in [0.1, 0.15) is 5.75 Å². The van der Waals surface area contributed by atoms with Gasteiger partial charge in [0.25, 0.3) is 5.91 Å². The highest BCUT2D eigenvalue weighted by Crippen LogP contribution is 2.31. The van der Waals surface area contributed by atoms with E-state index in [1.807, 2.05) is 0 Å². The van der Waals surface area contributed by atoms with Crippen LogP contribution in [0.1, 0.15) is 27.2 Å². The van der Waals surface area contributed by atoms with Crippen LogP contribution in [-0.4, -0.2) is 15.6 Å². The standard InChI is InChI=1S/C18H15F3N2O2/c1-10-16(17(22)25)14-8-13(24)6-7-15(14)23(10)9-11-2-4-12(5-3-11)18(19,20)21/h2-8,24H,9H2,1H3,(H2,22,25). The molecule has 25 heavy (non-hydrogen) atoms. The highest BCUT2D eigenvalue weighted by atomic mass is 19.4. The molecule has 0 saturated carbocycles. The van der Waals surface area contributed by atoms with Crippen molar-refractivity contribution < 1.29 is 23.1 Å². The number of fused-ring (bicyclic) bond motifs is 1. The first-order valence-corrected chi connectivity index (χ1v) is 7.46. The summed E-state index contributed by atoms with van der Waals surface area (Å²) in [5.74, 6) is -0.624. The van der Waals surface area contributed by atoms with E-state index in [2.05, 4.69) is 0 Å². The molecule has 3 N–H and O–H groups in total. The molecule has 0 aliphatic heterocycles. The Labute approximate surface area is 141 Å². The summed E-state index contributed by atoms with van der Waals surface area (Å²) < 4.78 is 39.8. The number of phenols is 1. The molecule has 1 heterocycles. The van der Waals surface area contributed by atoms with Gasteiger partial charge in [-0.2, -0.15) is 13.2 Å². The molecule has 3 aromatic rings. The number of phenolic OH excluding ortho intramolecular Hbond substituents is 1.